The average Bonchev–Trinajstić information content (AvgIpc) is 3.46. The fourth-order valence-corrected chi connectivity index (χ4v) is 4.33. The molecule has 5 rings (SSSR count). The van der Waals surface area contributed by atoms with E-state index in [4.69, 9.17) is 14.0 Å². The second-order valence-electron chi connectivity index (χ2n) is 7.92. The average molecular weight is 404 g/mol. The first kappa shape index (κ1) is 18.7. The zero-order valence-electron chi connectivity index (χ0n) is 17.2. The number of carbonyl (C=O) groups excluding carboxylic acids is 1. The van der Waals surface area contributed by atoms with Crippen molar-refractivity contribution < 1.29 is 18.8 Å². The zero-order valence-corrected chi connectivity index (χ0v) is 17.2. The van der Waals surface area contributed by atoms with Gasteiger partial charge in [0.25, 0.3) is 0 Å². The van der Waals surface area contributed by atoms with Crippen molar-refractivity contribution in [1.82, 2.24) is 5.16 Å². The number of ether oxygens (including phenoxy) is 2. The molecule has 2 aliphatic rings. The van der Waals surface area contributed by atoms with Crippen molar-refractivity contribution >= 4 is 11.6 Å². The molecular formula is C24H24N2O4. The Morgan fingerprint density at radius 3 is 2.63 bits per heavy atom. The number of rotatable bonds is 5. The maximum atomic E-state index is 13.6. The molecule has 0 spiro atoms. The molecule has 6 nitrogen and oxygen atoms in total. The van der Waals surface area contributed by atoms with Gasteiger partial charge in [0.05, 0.1) is 25.3 Å². The van der Waals surface area contributed by atoms with Crippen LogP contribution in [-0.4, -0.2) is 31.8 Å². The first-order chi connectivity index (χ1) is 14.7. The van der Waals surface area contributed by atoms with Crippen LogP contribution in [0.15, 0.2) is 53.1 Å². The number of carbonyl (C=O) groups is 1. The predicted molar refractivity (Wildman–Crippen MR) is 113 cm³/mol. The number of nitrogens with zero attached hydrogens (tertiary/aromatic N) is 2. The molecule has 1 fully saturated rings. The van der Waals surface area contributed by atoms with Crippen LogP contribution in [0.5, 0.6) is 11.5 Å². The molecule has 1 aromatic heterocycles. The lowest BCUT2D eigenvalue weighted by atomic mass is 9.95. The molecule has 1 aliphatic carbocycles. The topological polar surface area (TPSA) is 64.8 Å². The van der Waals surface area contributed by atoms with E-state index < -0.39 is 5.41 Å². The monoisotopic (exact) mass is 404 g/mol. The summed E-state index contributed by atoms with van der Waals surface area (Å²) in [6.07, 6.45) is 3.58. The van der Waals surface area contributed by atoms with Gasteiger partial charge < -0.3 is 18.9 Å². The van der Waals surface area contributed by atoms with E-state index in [0.717, 1.165) is 43.5 Å². The van der Waals surface area contributed by atoms with Crippen LogP contribution in [-0.2, 0) is 16.6 Å². The summed E-state index contributed by atoms with van der Waals surface area (Å²) >= 11 is 0. The van der Waals surface area contributed by atoms with Crippen LogP contribution in [0.25, 0.3) is 11.3 Å². The van der Waals surface area contributed by atoms with Crippen LogP contribution in [0, 0.1) is 0 Å². The van der Waals surface area contributed by atoms with Gasteiger partial charge in [0, 0.05) is 23.9 Å². The van der Waals surface area contributed by atoms with Crippen molar-refractivity contribution in [2.75, 3.05) is 25.7 Å². The Morgan fingerprint density at radius 1 is 1.07 bits per heavy atom. The summed E-state index contributed by atoms with van der Waals surface area (Å²) in [5.41, 5.74) is 3.23. The van der Waals surface area contributed by atoms with Gasteiger partial charge in [0.2, 0.25) is 5.91 Å². The molecule has 1 aliphatic heterocycles. The van der Waals surface area contributed by atoms with Crippen molar-refractivity contribution in [2.24, 2.45) is 0 Å². The van der Waals surface area contributed by atoms with Crippen molar-refractivity contribution in [3.8, 4) is 22.8 Å². The van der Waals surface area contributed by atoms with E-state index in [0.29, 0.717) is 23.0 Å². The number of benzene rings is 2. The normalized spacial score (nSPS) is 16.7. The fraction of sp³-hybridized carbons (Fsp3) is 0.333. The number of hydrogen-bond donors (Lipinski definition) is 0. The molecule has 6 heteroatoms. The number of hydrogen-bond acceptors (Lipinski definition) is 5. The number of para-hydroxylation sites is 1. The molecular weight excluding hydrogens is 380 g/mol. The van der Waals surface area contributed by atoms with Crippen molar-refractivity contribution in [2.45, 2.75) is 31.1 Å². The number of aryl methyl sites for hydroxylation is 1. The first-order valence-electron chi connectivity index (χ1n) is 10.3. The van der Waals surface area contributed by atoms with E-state index in [-0.39, 0.29) is 5.91 Å². The zero-order chi connectivity index (χ0) is 20.7. The van der Waals surface area contributed by atoms with Crippen molar-refractivity contribution in [1.29, 1.82) is 0 Å². The Bertz CT molecular complexity index is 1100. The Morgan fingerprint density at radius 2 is 1.87 bits per heavy atom. The molecule has 30 heavy (non-hydrogen) atoms. The summed E-state index contributed by atoms with van der Waals surface area (Å²) in [6.45, 7) is 0.748. The molecule has 3 aromatic rings. The highest BCUT2D eigenvalue weighted by Crippen LogP contribution is 2.51. The Hall–Kier alpha value is -3.28. The largest absolute Gasteiger partial charge is 0.493 e. The van der Waals surface area contributed by atoms with Crippen LogP contribution in [0.1, 0.15) is 30.5 Å². The molecule has 154 valence electrons. The van der Waals surface area contributed by atoms with E-state index in [9.17, 15) is 4.79 Å². The third-order valence-electron chi connectivity index (χ3n) is 6.18. The second kappa shape index (κ2) is 7.20. The third kappa shape index (κ3) is 2.95. The molecule has 0 atom stereocenters. The van der Waals surface area contributed by atoms with E-state index in [2.05, 4.69) is 11.2 Å². The highest BCUT2D eigenvalue weighted by molar-refractivity contribution is 6.03. The minimum Gasteiger partial charge on any atom is -0.493 e. The second-order valence-corrected chi connectivity index (χ2v) is 7.92. The minimum atomic E-state index is -0.581. The summed E-state index contributed by atoms with van der Waals surface area (Å²) in [7, 11) is 3.20. The number of methoxy groups -OCH3 is 2. The molecule has 0 saturated heterocycles. The SMILES string of the molecule is COc1ccc(-c2cc(C3(C(=O)N4CCCc5ccccc54)CC3)no2)cc1OC. The number of fused-ring (bicyclic) bond motifs is 1. The predicted octanol–water partition coefficient (Wildman–Crippen LogP) is 4.37. The van der Waals surface area contributed by atoms with Crippen molar-refractivity contribution in [3.63, 3.8) is 0 Å². The van der Waals surface area contributed by atoms with Crippen molar-refractivity contribution in [3.05, 3.63) is 59.8 Å². The molecule has 0 N–H and O–H groups in total. The molecule has 1 saturated carbocycles. The smallest absolute Gasteiger partial charge is 0.239 e. The fourth-order valence-electron chi connectivity index (χ4n) is 4.33. The standard InChI is InChI=1S/C24H24N2O4/c1-28-19-10-9-17(14-21(19)29-2)20-15-22(25-30-20)24(11-12-24)23(27)26-13-5-7-16-6-3-4-8-18(16)26/h3-4,6,8-10,14-15H,5,7,11-13H2,1-2H3. The van der Waals surface area contributed by atoms with Gasteiger partial charge in [-0.15, -0.1) is 0 Å². The lowest BCUT2D eigenvalue weighted by molar-refractivity contribution is -0.121. The van der Waals surface area contributed by atoms with Gasteiger partial charge in [-0.25, -0.2) is 0 Å². The van der Waals surface area contributed by atoms with E-state index >= 15 is 0 Å². The quantitative estimate of drug-likeness (QED) is 0.632. The van der Waals surface area contributed by atoms with E-state index in [1.807, 2.05) is 47.4 Å². The van der Waals surface area contributed by atoms with Crippen LogP contribution in [0.3, 0.4) is 0 Å². The summed E-state index contributed by atoms with van der Waals surface area (Å²) in [5, 5.41) is 4.30. The molecule has 0 radical (unpaired) electrons. The van der Waals surface area contributed by atoms with Crippen LogP contribution in [0.2, 0.25) is 0 Å². The number of anilines is 1. The highest BCUT2D eigenvalue weighted by atomic mass is 16.5. The molecule has 0 unspecified atom stereocenters. The molecule has 0 bridgehead atoms. The summed E-state index contributed by atoms with van der Waals surface area (Å²) in [5.74, 6) is 2.01. The Labute approximate surface area is 175 Å². The number of amides is 1. The van der Waals surface area contributed by atoms with E-state index in [1.54, 1.807) is 14.2 Å². The lowest BCUT2D eigenvalue weighted by Crippen LogP contribution is -2.42. The minimum absolute atomic E-state index is 0.127. The Kier molecular flexibility index (Phi) is 4.50. The van der Waals surface area contributed by atoms with Gasteiger partial charge >= 0.3 is 0 Å². The van der Waals surface area contributed by atoms with Gasteiger partial charge in [-0.1, -0.05) is 23.4 Å². The van der Waals surface area contributed by atoms with Crippen LogP contribution >= 0.6 is 0 Å². The van der Waals surface area contributed by atoms with Crippen LogP contribution < -0.4 is 14.4 Å². The van der Waals surface area contributed by atoms with Gasteiger partial charge in [-0.2, -0.15) is 0 Å². The van der Waals surface area contributed by atoms with Gasteiger partial charge in [-0.3, -0.25) is 4.79 Å². The maximum absolute atomic E-state index is 13.6. The first-order valence-corrected chi connectivity index (χ1v) is 10.3. The molecule has 1 amide bonds. The highest BCUT2D eigenvalue weighted by Gasteiger charge is 2.56. The Balaban J connectivity index is 1.45. The number of aromatic nitrogens is 1. The van der Waals surface area contributed by atoms with Gasteiger partial charge in [-0.05, 0) is 55.5 Å². The molecule has 2 heterocycles. The van der Waals surface area contributed by atoms with Gasteiger partial charge in [0.15, 0.2) is 17.3 Å². The van der Waals surface area contributed by atoms with Crippen LogP contribution in [0.4, 0.5) is 5.69 Å². The summed E-state index contributed by atoms with van der Waals surface area (Å²) in [6, 6.07) is 15.7. The maximum Gasteiger partial charge on any atom is 0.239 e. The summed E-state index contributed by atoms with van der Waals surface area (Å²) in [4.78, 5) is 15.5. The summed E-state index contributed by atoms with van der Waals surface area (Å²) < 4.78 is 16.3. The van der Waals surface area contributed by atoms with E-state index in [1.165, 1.54) is 5.56 Å². The molecule has 2 aromatic carbocycles. The van der Waals surface area contributed by atoms with Gasteiger partial charge in [0.1, 0.15) is 0 Å². The lowest BCUT2D eigenvalue weighted by Gasteiger charge is -2.32. The third-order valence-corrected chi connectivity index (χ3v) is 6.18.